The molecule has 0 saturated carbocycles. The molecule has 5 heteroatoms. The van der Waals surface area contributed by atoms with Crippen LogP contribution < -0.4 is 0 Å². The van der Waals surface area contributed by atoms with Gasteiger partial charge in [0.2, 0.25) is 0 Å². The van der Waals surface area contributed by atoms with E-state index < -0.39 is 5.79 Å². The van der Waals surface area contributed by atoms with Crippen LogP contribution in [0.5, 0.6) is 0 Å². The Kier molecular flexibility index (Phi) is 4.34. The third-order valence-electron chi connectivity index (χ3n) is 1.70. The lowest BCUT2D eigenvalue weighted by Gasteiger charge is -2.17. The van der Waals surface area contributed by atoms with Crippen LogP contribution in [0.3, 0.4) is 0 Å². The van der Waals surface area contributed by atoms with Gasteiger partial charge >= 0.3 is 0 Å². The number of hydrogen-bond donors (Lipinski definition) is 1. The predicted octanol–water partition coefficient (Wildman–Crippen LogP) is 2.68. The highest BCUT2D eigenvalue weighted by Gasteiger charge is 2.11. The minimum atomic E-state index is -1.11. The van der Waals surface area contributed by atoms with Gasteiger partial charge in [-0.05, 0) is 31.9 Å². The van der Waals surface area contributed by atoms with Crippen LogP contribution >= 0.6 is 23.2 Å². The average Bonchev–Trinajstić information content (AvgIpc) is 2.09. The molecule has 15 heavy (non-hydrogen) atoms. The van der Waals surface area contributed by atoms with Crippen LogP contribution in [0.15, 0.2) is 12.3 Å². The van der Waals surface area contributed by atoms with Gasteiger partial charge in [-0.1, -0.05) is 23.2 Å². The Hall–Kier alpha value is -0.350. The highest BCUT2D eigenvalue weighted by molar-refractivity contribution is 6.41. The quantitative estimate of drug-likeness (QED) is 0.659. The Morgan fingerprint density at radius 2 is 2.13 bits per heavy atom. The van der Waals surface area contributed by atoms with Crippen molar-refractivity contribution in [2.75, 3.05) is 6.61 Å². The number of ether oxygens (including phenoxy) is 1. The third kappa shape index (κ3) is 4.80. The van der Waals surface area contributed by atoms with Crippen LogP contribution in [0.4, 0.5) is 0 Å². The van der Waals surface area contributed by atoms with E-state index in [1.165, 1.54) is 0 Å². The molecule has 84 valence electrons. The van der Waals surface area contributed by atoms with E-state index in [1.807, 2.05) is 0 Å². The number of aliphatic hydroxyl groups is 1. The first kappa shape index (κ1) is 12.7. The van der Waals surface area contributed by atoms with E-state index in [1.54, 1.807) is 26.1 Å². The first-order chi connectivity index (χ1) is 6.88. The number of pyridine rings is 1. The molecule has 0 aromatic carbocycles. The molecule has 0 unspecified atom stereocenters. The molecule has 1 rings (SSSR count). The Morgan fingerprint density at radius 1 is 1.47 bits per heavy atom. The van der Waals surface area contributed by atoms with Crippen LogP contribution in [0.1, 0.15) is 19.4 Å². The van der Waals surface area contributed by atoms with Gasteiger partial charge in [0.1, 0.15) is 5.15 Å². The highest BCUT2D eigenvalue weighted by atomic mass is 35.5. The molecule has 0 aliphatic carbocycles. The van der Waals surface area contributed by atoms with Crippen molar-refractivity contribution in [3.8, 4) is 0 Å². The number of halogens is 2. The SMILES string of the molecule is CC(C)(O)OCCc1cnc(Cl)c(Cl)c1. The summed E-state index contributed by atoms with van der Waals surface area (Å²) in [6, 6.07) is 1.74. The number of hydrogen-bond acceptors (Lipinski definition) is 3. The predicted molar refractivity (Wildman–Crippen MR) is 60.2 cm³/mol. The van der Waals surface area contributed by atoms with E-state index in [-0.39, 0.29) is 0 Å². The van der Waals surface area contributed by atoms with Crippen molar-refractivity contribution in [3.05, 3.63) is 28.0 Å². The van der Waals surface area contributed by atoms with E-state index in [0.29, 0.717) is 23.2 Å². The molecule has 0 saturated heterocycles. The summed E-state index contributed by atoms with van der Waals surface area (Å²) in [6.45, 7) is 3.57. The van der Waals surface area contributed by atoms with Gasteiger partial charge in [-0.3, -0.25) is 0 Å². The summed E-state index contributed by atoms with van der Waals surface area (Å²) in [5.74, 6) is -1.11. The van der Waals surface area contributed by atoms with Crippen LogP contribution in [0.2, 0.25) is 10.2 Å². The van der Waals surface area contributed by atoms with Crippen molar-refractivity contribution in [1.29, 1.82) is 0 Å². The molecule has 1 heterocycles. The van der Waals surface area contributed by atoms with Gasteiger partial charge in [0.15, 0.2) is 5.79 Å². The van der Waals surface area contributed by atoms with Gasteiger partial charge in [0.25, 0.3) is 0 Å². The normalized spacial score (nSPS) is 11.8. The first-order valence-electron chi connectivity index (χ1n) is 4.55. The summed E-state index contributed by atoms with van der Waals surface area (Å²) in [5.41, 5.74) is 0.925. The number of nitrogens with zero attached hydrogens (tertiary/aromatic N) is 1. The fraction of sp³-hybridized carbons (Fsp3) is 0.500. The zero-order valence-electron chi connectivity index (χ0n) is 8.63. The lowest BCUT2D eigenvalue weighted by Crippen LogP contribution is -2.24. The van der Waals surface area contributed by atoms with Gasteiger partial charge in [-0.15, -0.1) is 0 Å². The second-order valence-electron chi connectivity index (χ2n) is 3.66. The van der Waals surface area contributed by atoms with Crippen LogP contribution in [0.25, 0.3) is 0 Å². The molecular formula is C10H13Cl2NO2. The molecule has 1 N–H and O–H groups in total. The smallest absolute Gasteiger partial charge is 0.159 e. The third-order valence-corrected chi connectivity index (χ3v) is 2.38. The minimum Gasteiger partial charge on any atom is -0.366 e. The molecule has 0 aliphatic rings. The van der Waals surface area contributed by atoms with Gasteiger partial charge < -0.3 is 9.84 Å². The topological polar surface area (TPSA) is 42.4 Å². The van der Waals surface area contributed by atoms with E-state index in [2.05, 4.69) is 4.98 Å². The molecule has 0 spiro atoms. The zero-order valence-corrected chi connectivity index (χ0v) is 10.1. The molecule has 0 atom stereocenters. The van der Waals surface area contributed by atoms with Gasteiger partial charge in [-0.2, -0.15) is 0 Å². The van der Waals surface area contributed by atoms with Crippen LogP contribution in [-0.2, 0) is 11.2 Å². The fourth-order valence-electron chi connectivity index (χ4n) is 1.02. The second-order valence-corrected chi connectivity index (χ2v) is 4.43. The molecular weight excluding hydrogens is 237 g/mol. The Balaban J connectivity index is 2.48. The standard InChI is InChI=1S/C10H13Cl2NO2/c1-10(2,14)15-4-3-7-5-8(11)9(12)13-6-7/h5-6,14H,3-4H2,1-2H3. The molecule has 1 aromatic rings. The van der Waals surface area contributed by atoms with Gasteiger partial charge in [0, 0.05) is 6.20 Å². The minimum absolute atomic E-state index is 0.295. The van der Waals surface area contributed by atoms with Crippen LogP contribution in [-0.4, -0.2) is 22.5 Å². The molecule has 3 nitrogen and oxygen atoms in total. The summed E-state index contributed by atoms with van der Waals surface area (Å²) in [4.78, 5) is 3.91. The van der Waals surface area contributed by atoms with E-state index in [0.717, 1.165) is 5.56 Å². The van der Waals surface area contributed by atoms with Crippen LogP contribution in [0, 0.1) is 0 Å². The maximum atomic E-state index is 9.31. The van der Waals surface area contributed by atoms with Crippen molar-refractivity contribution >= 4 is 23.2 Å². The second kappa shape index (κ2) is 5.12. The summed E-state index contributed by atoms with van der Waals surface area (Å²) >= 11 is 11.5. The Labute approximate surface area is 99.0 Å². The van der Waals surface area contributed by atoms with Crippen molar-refractivity contribution < 1.29 is 9.84 Å². The lowest BCUT2D eigenvalue weighted by molar-refractivity contribution is -0.175. The molecule has 0 aliphatic heterocycles. The van der Waals surface area contributed by atoms with E-state index in [9.17, 15) is 5.11 Å². The summed E-state index contributed by atoms with van der Waals surface area (Å²) in [7, 11) is 0. The van der Waals surface area contributed by atoms with E-state index >= 15 is 0 Å². The van der Waals surface area contributed by atoms with Crippen molar-refractivity contribution in [2.45, 2.75) is 26.1 Å². The maximum Gasteiger partial charge on any atom is 0.159 e. The largest absolute Gasteiger partial charge is 0.366 e. The Morgan fingerprint density at radius 3 is 2.67 bits per heavy atom. The fourth-order valence-corrected chi connectivity index (χ4v) is 1.31. The van der Waals surface area contributed by atoms with Crippen molar-refractivity contribution in [1.82, 2.24) is 4.98 Å². The number of rotatable bonds is 4. The highest BCUT2D eigenvalue weighted by Crippen LogP contribution is 2.20. The van der Waals surface area contributed by atoms with Crippen molar-refractivity contribution in [3.63, 3.8) is 0 Å². The molecule has 1 aromatic heterocycles. The maximum absolute atomic E-state index is 9.31. The average molecular weight is 250 g/mol. The molecule has 0 fully saturated rings. The molecule has 0 amide bonds. The summed E-state index contributed by atoms with van der Waals surface area (Å²) in [5, 5.41) is 10.0. The summed E-state index contributed by atoms with van der Waals surface area (Å²) < 4.78 is 5.16. The zero-order chi connectivity index (χ0) is 11.5. The first-order valence-corrected chi connectivity index (χ1v) is 5.30. The summed E-state index contributed by atoms with van der Waals surface area (Å²) in [6.07, 6.45) is 2.27. The van der Waals surface area contributed by atoms with Gasteiger partial charge in [0.05, 0.1) is 11.6 Å². The van der Waals surface area contributed by atoms with E-state index in [4.69, 9.17) is 27.9 Å². The lowest BCUT2D eigenvalue weighted by atomic mass is 10.2. The Bertz CT molecular complexity index is 337. The molecule has 0 radical (unpaired) electrons. The van der Waals surface area contributed by atoms with Gasteiger partial charge in [-0.25, -0.2) is 4.98 Å². The molecule has 0 bridgehead atoms. The monoisotopic (exact) mass is 249 g/mol. The number of aromatic nitrogens is 1. The van der Waals surface area contributed by atoms with Crippen molar-refractivity contribution in [2.24, 2.45) is 0 Å².